The van der Waals surface area contributed by atoms with E-state index in [1.165, 1.54) is 10.4 Å². The maximum absolute atomic E-state index is 5.83. The molecule has 0 saturated heterocycles. The lowest BCUT2D eigenvalue weighted by Gasteiger charge is -2.11. The van der Waals surface area contributed by atoms with Crippen molar-refractivity contribution in [3.05, 3.63) is 49.0 Å². The van der Waals surface area contributed by atoms with Crippen molar-refractivity contribution in [3.63, 3.8) is 0 Å². The first kappa shape index (κ1) is 14.1. The van der Waals surface area contributed by atoms with E-state index in [1.54, 1.807) is 11.3 Å². The average molecular weight is 391 g/mol. The Morgan fingerprint density at radius 2 is 1.94 bits per heavy atom. The minimum absolute atomic E-state index is 0.588. The van der Waals surface area contributed by atoms with E-state index in [0.29, 0.717) is 13.2 Å². The van der Waals surface area contributed by atoms with Gasteiger partial charge >= 0.3 is 0 Å². The van der Waals surface area contributed by atoms with Crippen molar-refractivity contribution in [2.45, 2.75) is 13.0 Å². The molecule has 0 aliphatic rings. The smallest absolute Gasteiger partial charge is 0.148 e. The van der Waals surface area contributed by atoms with Gasteiger partial charge in [-0.1, -0.05) is 6.07 Å². The number of hydrogen-bond donors (Lipinski definition) is 1. The molecule has 0 bridgehead atoms. The van der Waals surface area contributed by atoms with Crippen LogP contribution in [0.4, 0.5) is 0 Å². The number of hydrogen-bond acceptors (Lipinski definition) is 3. The number of ether oxygens (including phenoxy) is 1. The fraction of sp³-hybridized carbons (Fsp3) is 0.231. The Bertz CT molecular complexity index is 491. The zero-order valence-corrected chi connectivity index (χ0v) is 13.6. The molecule has 2 rings (SSSR count). The molecule has 0 amide bonds. The monoisotopic (exact) mass is 389 g/mol. The van der Waals surface area contributed by atoms with Crippen LogP contribution < -0.4 is 10.5 Å². The number of benzene rings is 1. The first-order chi connectivity index (χ1) is 8.70. The third kappa shape index (κ3) is 3.57. The van der Waals surface area contributed by atoms with Gasteiger partial charge in [0.25, 0.3) is 0 Å². The van der Waals surface area contributed by atoms with Crippen molar-refractivity contribution in [3.8, 4) is 5.75 Å². The standard InChI is InChI=1S/C13H13Br2NOS/c14-11-6-9(3-4-16)7-12(15)13(11)17-8-10-2-1-5-18-10/h1-2,5-7H,3-4,8,16H2. The highest BCUT2D eigenvalue weighted by molar-refractivity contribution is 9.11. The van der Waals surface area contributed by atoms with Gasteiger partial charge in [0, 0.05) is 4.88 Å². The molecule has 0 aliphatic heterocycles. The molecule has 2 N–H and O–H groups in total. The molecule has 18 heavy (non-hydrogen) atoms. The molecule has 0 aliphatic carbocycles. The lowest BCUT2D eigenvalue weighted by molar-refractivity contribution is 0.305. The molecule has 2 aromatic rings. The van der Waals surface area contributed by atoms with Crippen LogP contribution in [0.25, 0.3) is 0 Å². The van der Waals surface area contributed by atoms with Crippen LogP contribution in [0.1, 0.15) is 10.4 Å². The molecule has 0 unspecified atom stereocenters. The normalized spacial score (nSPS) is 10.6. The van der Waals surface area contributed by atoms with E-state index in [4.69, 9.17) is 10.5 Å². The van der Waals surface area contributed by atoms with E-state index >= 15 is 0 Å². The zero-order chi connectivity index (χ0) is 13.0. The van der Waals surface area contributed by atoms with Crippen molar-refractivity contribution in [2.75, 3.05) is 6.54 Å². The highest BCUT2D eigenvalue weighted by Gasteiger charge is 2.09. The second-order valence-corrected chi connectivity index (χ2v) is 6.54. The molecule has 0 atom stereocenters. The predicted octanol–water partition coefficient (Wildman–Crippen LogP) is 4.35. The second-order valence-electron chi connectivity index (χ2n) is 3.80. The van der Waals surface area contributed by atoms with Crippen molar-refractivity contribution in [1.29, 1.82) is 0 Å². The molecular formula is C13H13Br2NOS. The van der Waals surface area contributed by atoms with Gasteiger partial charge in [-0.15, -0.1) is 11.3 Å². The molecule has 0 saturated carbocycles. The number of thiophene rings is 1. The highest BCUT2D eigenvalue weighted by Crippen LogP contribution is 2.35. The average Bonchev–Trinajstić information content (AvgIpc) is 2.81. The molecule has 1 aromatic carbocycles. The first-order valence-corrected chi connectivity index (χ1v) is 8.00. The van der Waals surface area contributed by atoms with Crippen molar-refractivity contribution in [2.24, 2.45) is 5.73 Å². The van der Waals surface area contributed by atoms with Crippen LogP contribution in [0, 0.1) is 0 Å². The van der Waals surface area contributed by atoms with Crippen LogP contribution in [0.2, 0.25) is 0 Å². The first-order valence-electron chi connectivity index (χ1n) is 5.54. The fourth-order valence-corrected chi connectivity index (χ4v) is 3.73. The molecule has 1 aromatic heterocycles. The fourth-order valence-electron chi connectivity index (χ4n) is 1.60. The van der Waals surface area contributed by atoms with Gasteiger partial charge in [0.15, 0.2) is 0 Å². The summed E-state index contributed by atoms with van der Waals surface area (Å²) in [6.45, 7) is 1.24. The molecule has 1 heterocycles. The molecule has 96 valence electrons. The highest BCUT2D eigenvalue weighted by atomic mass is 79.9. The van der Waals surface area contributed by atoms with Gasteiger partial charge in [0.1, 0.15) is 12.4 Å². The minimum Gasteiger partial charge on any atom is -0.486 e. The third-order valence-corrected chi connectivity index (χ3v) is 4.46. The Balaban J connectivity index is 2.12. The maximum atomic E-state index is 5.83. The topological polar surface area (TPSA) is 35.2 Å². The van der Waals surface area contributed by atoms with Crippen molar-refractivity contribution in [1.82, 2.24) is 0 Å². The van der Waals surface area contributed by atoms with Crippen LogP contribution in [0.15, 0.2) is 38.6 Å². The number of halogens is 2. The molecule has 0 fully saturated rings. The summed E-state index contributed by atoms with van der Waals surface area (Å²) < 4.78 is 7.74. The van der Waals surface area contributed by atoms with Crippen molar-refractivity contribution >= 4 is 43.2 Å². The summed E-state index contributed by atoms with van der Waals surface area (Å²) in [5.41, 5.74) is 6.76. The summed E-state index contributed by atoms with van der Waals surface area (Å²) in [6, 6.07) is 8.20. The van der Waals surface area contributed by atoms with Crippen LogP contribution in [-0.2, 0) is 13.0 Å². The predicted molar refractivity (Wildman–Crippen MR) is 83.3 cm³/mol. The Morgan fingerprint density at radius 1 is 1.22 bits per heavy atom. The Hall–Kier alpha value is -0.360. The van der Waals surface area contributed by atoms with Gasteiger partial charge in [0.05, 0.1) is 8.95 Å². The minimum atomic E-state index is 0.588. The van der Waals surface area contributed by atoms with Crippen LogP contribution in [0.3, 0.4) is 0 Å². The summed E-state index contributed by atoms with van der Waals surface area (Å²) in [5.74, 6) is 0.837. The van der Waals surface area contributed by atoms with Crippen LogP contribution in [-0.4, -0.2) is 6.54 Å². The maximum Gasteiger partial charge on any atom is 0.148 e. The Morgan fingerprint density at radius 3 is 2.50 bits per heavy atom. The van der Waals surface area contributed by atoms with Crippen LogP contribution in [0.5, 0.6) is 5.75 Å². The summed E-state index contributed by atoms with van der Waals surface area (Å²) in [4.78, 5) is 1.21. The lowest BCUT2D eigenvalue weighted by Crippen LogP contribution is -2.03. The molecule has 0 spiro atoms. The Labute approximate surface area is 127 Å². The quantitative estimate of drug-likeness (QED) is 0.823. The summed E-state index contributed by atoms with van der Waals surface area (Å²) in [6.07, 6.45) is 0.863. The molecule has 5 heteroatoms. The van der Waals surface area contributed by atoms with Crippen LogP contribution >= 0.6 is 43.2 Å². The van der Waals surface area contributed by atoms with E-state index in [2.05, 4.69) is 50.1 Å². The second kappa shape index (κ2) is 6.70. The number of rotatable bonds is 5. The van der Waals surface area contributed by atoms with Gasteiger partial charge < -0.3 is 10.5 Å². The summed E-state index contributed by atoms with van der Waals surface area (Å²) in [5, 5.41) is 2.05. The molecule has 2 nitrogen and oxygen atoms in total. The summed E-state index contributed by atoms with van der Waals surface area (Å²) in [7, 11) is 0. The molecule has 0 radical (unpaired) electrons. The van der Waals surface area contributed by atoms with E-state index in [0.717, 1.165) is 21.1 Å². The SMILES string of the molecule is NCCc1cc(Br)c(OCc2cccs2)c(Br)c1. The van der Waals surface area contributed by atoms with E-state index in [-0.39, 0.29) is 0 Å². The Kier molecular flexibility index (Phi) is 5.24. The van der Waals surface area contributed by atoms with E-state index in [1.807, 2.05) is 11.4 Å². The molecular weight excluding hydrogens is 378 g/mol. The van der Waals surface area contributed by atoms with Gasteiger partial charge in [-0.05, 0) is 74.0 Å². The number of nitrogens with two attached hydrogens (primary N) is 1. The van der Waals surface area contributed by atoms with Gasteiger partial charge in [-0.25, -0.2) is 0 Å². The van der Waals surface area contributed by atoms with E-state index in [9.17, 15) is 0 Å². The summed E-state index contributed by atoms with van der Waals surface area (Å²) >= 11 is 8.77. The van der Waals surface area contributed by atoms with Gasteiger partial charge in [-0.3, -0.25) is 0 Å². The van der Waals surface area contributed by atoms with Gasteiger partial charge in [0.2, 0.25) is 0 Å². The van der Waals surface area contributed by atoms with E-state index < -0.39 is 0 Å². The van der Waals surface area contributed by atoms with Gasteiger partial charge in [-0.2, -0.15) is 0 Å². The lowest BCUT2D eigenvalue weighted by atomic mass is 10.1. The third-order valence-electron chi connectivity index (χ3n) is 2.43. The van der Waals surface area contributed by atoms with Crippen molar-refractivity contribution < 1.29 is 4.74 Å². The zero-order valence-electron chi connectivity index (χ0n) is 9.66. The largest absolute Gasteiger partial charge is 0.486 e.